The number of nitrogens with one attached hydrogen (secondary N) is 1. The van der Waals surface area contributed by atoms with E-state index >= 15 is 0 Å². The third-order valence-electron chi connectivity index (χ3n) is 6.97. The summed E-state index contributed by atoms with van der Waals surface area (Å²) < 4.78 is 32.3. The van der Waals surface area contributed by atoms with Crippen molar-refractivity contribution in [2.45, 2.75) is 43.2 Å². The van der Waals surface area contributed by atoms with Crippen LogP contribution >= 0.6 is 0 Å². The number of alkyl halides is 2. The molecule has 0 aromatic heterocycles. The predicted octanol–water partition coefficient (Wildman–Crippen LogP) is 2.03. The molecule has 1 N–H and O–H groups in total. The minimum atomic E-state index is -2.54. The van der Waals surface area contributed by atoms with Crippen molar-refractivity contribution in [2.24, 2.45) is 0 Å². The van der Waals surface area contributed by atoms with Gasteiger partial charge in [0.15, 0.2) is 0 Å². The van der Waals surface area contributed by atoms with E-state index < -0.39 is 5.92 Å². The lowest BCUT2D eigenvalue weighted by atomic mass is 9.91. The molecule has 4 saturated heterocycles. The Balaban J connectivity index is 1.12. The Bertz CT molecular complexity index is 834. The van der Waals surface area contributed by atoms with Gasteiger partial charge in [-0.3, -0.25) is 4.79 Å². The smallest absolute Gasteiger partial charge is 0.320 e. The summed E-state index contributed by atoms with van der Waals surface area (Å²) in [6.07, 6.45) is 0.540. The van der Waals surface area contributed by atoms with E-state index in [1.165, 1.54) is 5.56 Å². The second-order valence-electron chi connectivity index (χ2n) is 9.08. The summed E-state index contributed by atoms with van der Waals surface area (Å²) >= 11 is 0. The van der Waals surface area contributed by atoms with E-state index in [-0.39, 0.29) is 43.5 Å². The second kappa shape index (κ2) is 7.93. The number of carbonyl (C=O) groups excluding carboxylic acids is 2. The van der Waals surface area contributed by atoms with Gasteiger partial charge >= 0.3 is 6.03 Å². The van der Waals surface area contributed by atoms with E-state index in [1.807, 2.05) is 26.8 Å². The Morgan fingerprint density at radius 3 is 2.45 bits per heavy atom. The molecule has 4 aliphatic heterocycles. The normalized spacial score (nSPS) is 28.6. The first-order chi connectivity index (χ1) is 14.9. The highest BCUT2D eigenvalue weighted by atomic mass is 19.3. The van der Waals surface area contributed by atoms with Crippen LogP contribution in [0.15, 0.2) is 24.3 Å². The average molecular weight is 434 g/mol. The van der Waals surface area contributed by atoms with Gasteiger partial charge in [-0.1, -0.05) is 12.1 Å². The monoisotopic (exact) mass is 434 g/mol. The molecule has 4 fully saturated rings. The molecule has 4 aliphatic rings. The van der Waals surface area contributed by atoms with Gasteiger partial charge in [0.1, 0.15) is 6.61 Å². The Morgan fingerprint density at radius 2 is 1.74 bits per heavy atom. The highest BCUT2D eigenvalue weighted by Gasteiger charge is 2.40. The van der Waals surface area contributed by atoms with Crippen LogP contribution in [-0.2, 0) is 9.53 Å². The Morgan fingerprint density at radius 1 is 1.03 bits per heavy atom. The Labute approximate surface area is 180 Å². The molecule has 31 heavy (non-hydrogen) atoms. The van der Waals surface area contributed by atoms with Crippen LogP contribution in [0, 0.1) is 0 Å². The van der Waals surface area contributed by atoms with E-state index in [9.17, 15) is 18.4 Å². The predicted molar refractivity (Wildman–Crippen MR) is 110 cm³/mol. The van der Waals surface area contributed by atoms with Crippen LogP contribution in [0.25, 0.3) is 0 Å². The third kappa shape index (κ3) is 4.20. The fourth-order valence-corrected chi connectivity index (χ4v) is 4.97. The number of anilines is 1. The second-order valence-corrected chi connectivity index (χ2v) is 9.08. The summed E-state index contributed by atoms with van der Waals surface area (Å²) in [4.78, 5) is 30.1. The van der Waals surface area contributed by atoms with Gasteiger partial charge in [-0.2, -0.15) is 0 Å². The molecule has 7 nitrogen and oxygen atoms in total. The Hall–Kier alpha value is -2.42. The zero-order valence-corrected chi connectivity index (χ0v) is 17.4. The molecular weight excluding hydrogens is 406 g/mol. The summed E-state index contributed by atoms with van der Waals surface area (Å²) in [6, 6.07) is 7.99. The first-order valence-electron chi connectivity index (χ1n) is 11.1. The maximum atomic E-state index is 13.4. The minimum absolute atomic E-state index is 0.00413. The molecular formula is C22H28F2N4O3. The highest BCUT2D eigenvalue weighted by Crippen LogP contribution is 2.33. The lowest BCUT2D eigenvalue weighted by Crippen LogP contribution is -2.63. The summed E-state index contributed by atoms with van der Waals surface area (Å²) in [5.41, 5.74) is 2.15. The number of likely N-dealkylation sites (tertiary alicyclic amines) is 2. The van der Waals surface area contributed by atoms with E-state index in [2.05, 4.69) is 17.4 Å². The third-order valence-corrected chi connectivity index (χ3v) is 6.97. The van der Waals surface area contributed by atoms with E-state index in [0.717, 1.165) is 12.1 Å². The molecule has 0 aliphatic carbocycles. The van der Waals surface area contributed by atoms with E-state index in [0.29, 0.717) is 45.2 Å². The first-order valence-corrected chi connectivity index (χ1v) is 11.1. The number of halogens is 2. The number of fused-ring (bicyclic) bond motifs is 1. The zero-order chi connectivity index (χ0) is 21.6. The van der Waals surface area contributed by atoms with Crippen LogP contribution in [0.5, 0.6) is 0 Å². The number of piperidine rings is 2. The largest absolute Gasteiger partial charge is 0.371 e. The fourth-order valence-electron chi connectivity index (χ4n) is 4.97. The van der Waals surface area contributed by atoms with Crippen LogP contribution in [0.2, 0.25) is 0 Å². The van der Waals surface area contributed by atoms with Gasteiger partial charge in [-0.25, -0.2) is 13.6 Å². The number of nitrogens with zero attached hydrogens (tertiary/aromatic N) is 3. The number of rotatable bonds is 2. The molecule has 0 bridgehead atoms. The molecule has 0 radical (unpaired) electrons. The van der Waals surface area contributed by atoms with Crippen molar-refractivity contribution in [3.63, 3.8) is 0 Å². The van der Waals surface area contributed by atoms with Gasteiger partial charge < -0.3 is 24.8 Å². The van der Waals surface area contributed by atoms with Gasteiger partial charge in [0.2, 0.25) is 5.91 Å². The molecule has 168 valence electrons. The molecule has 2 atom stereocenters. The average Bonchev–Trinajstić information content (AvgIpc) is 2.72. The summed E-state index contributed by atoms with van der Waals surface area (Å²) in [7, 11) is 0. The number of morpholine rings is 1. The summed E-state index contributed by atoms with van der Waals surface area (Å²) in [5, 5.41) is 2.93. The number of amides is 3. The van der Waals surface area contributed by atoms with Crippen molar-refractivity contribution < 1.29 is 23.1 Å². The van der Waals surface area contributed by atoms with Gasteiger partial charge in [0, 0.05) is 63.7 Å². The maximum absolute atomic E-state index is 13.4. The van der Waals surface area contributed by atoms with Crippen molar-refractivity contribution in [3.8, 4) is 0 Å². The quantitative estimate of drug-likeness (QED) is 0.774. The van der Waals surface area contributed by atoms with Crippen molar-refractivity contribution in [1.82, 2.24) is 15.1 Å². The number of urea groups is 1. The fraction of sp³-hybridized carbons (Fsp3) is 0.636. The number of hydrogen-bond acceptors (Lipinski definition) is 4. The summed E-state index contributed by atoms with van der Waals surface area (Å²) in [5.74, 6) is -2.37. The molecule has 0 saturated carbocycles. The number of ether oxygens (including phenoxy) is 1. The minimum Gasteiger partial charge on any atom is -0.371 e. The van der Waals surface area contributed by atoms with Crippen LogP contribution in [0.3, 0.4) is 0 Å². The molecule has 1 aromatic carbocycles. The molecule has 5 rings (SSSR count). The molecule has 1 aromatic rings. The number of carbonyl (C=O) groups is 2. The van der Waals surface area contributed by atoms with Crippen molar-refractivity contribution in [1.29, 1.82) is 0 Å². The summed E-state index contributed by atoms with van der Waals surface area (Å²) in [6.45, 7) is 3.32. The van der Waals surface area contributed by atoms with Crippen molar-refractivity contribution in [3.05, 3.63) is 29.8 Å². The Kier molecular flexibility index (Phi) is 5.24. The van der Waals surface area contributed by atoms with Crippen LogP contribution in [-0.4, -0.2) is 85.7 Å². The lowest BCUT2D eigenvalue weighted by Gasteiger charge is -2.46. The molecule has 0 spiro atoms. The number of hydrogen-bond donors (Lipinski definition) is 1. The molecule has 1 unspecified atom stereocenters. The zero-order valence-electron chi connectivity index (χ0n) is 17.4. The van der Waals surface area contributed by atoms with Crippen molar-refractivity contribution in [2.75, 3.05) is 50.8 Å². The molecule has 4 heterocycles. The lowest BCUT2D eigenvalue weighted by molar-refractivity contribution is -0.139. The van der Waals surface area contributed by atoms with Crippen LogP contribution < -0.4 is 10.2 Å². The van der Waals surface area contributed by atoms with Gasteiger partial charge in [0.25, 0.3) is 5.92 Å². The first kappa shape index (κ1) is 20.5. The van der Waals surface area contributed by atoms with Crippen LogP contribution in [0.1, 0.15) is 30.7 Å². The topological polar surface area (TPSA) is 65.1 Å². The molecule has 9 heteroatoms. The maximum Gasteiger partial charge on any atom is 0.320 e. The van der Waals surface area contributed by atoms with Crippen LogP contribution in [0.4, 0.5) is 19.3 Å². The van der Waals surface area contributed by atoms with Gasteiger partial charge in [-0.15, -0.1) is 0 Å². The van der Waals surface area contributed by atoms with E-state index in [1.54, 1.807) is 0 Å². The highest BCUT2D eigenvalue weighted by molar-refractivity contribution is 5.79. The molecule has 3 amide bonds. The van der Waals surface area contributed by atoms with Gasteiger partial charge in [-0.05, 0) is 24.1 Å². The standard InChI is InChI=1S/C22H28F2N4O3/c23-22(24)6-9-26(10-7-22)17-3-1-15(2-4-17)16-11-28(12-16)21(30)27-8-5-19-18(13-27)25-20(29)14-31-19/h1-4,16,18-19H,5-14H2,(H,25,29)/t18-,19?/m1/s1. The van der Waals surface area contributed by atoms with E-state index in [4.69, 9.17) is 4.74 Å². The number of benzene rings is 1. The van der Waals surface area contributed by atoms with Gasteiger partial charge in [0.05, 0.1) is 12.1 Å². The van der Waals surface area contributed by atoms with Crippen molar-refractivity contribution >= 4 is 17.6 Å². The SMILES string of the molecule is O=C1COC2CCN(C(=O)N3CC(c4ccc(N5CCC(F)(F)CC5)cc4)C3)C[C@H]2N1.